The van der Waals surface area contributed by atoms with Crippen molar-refractivity contribution in [3.8, 4) is 0 Å². The quantitative estimate of drug-likeness (QED) is 0.422. The summed E-state index contributed by atoms with van der Waals surface area (Å²) in [6.07, 6.45) is 2.72. The monoisotopic (exact) mass is 132 g/mol. The summed E-state index contributed by atoms with van der Waals surface area (Å²) in [4.78, 5) is 10.4. The van der Waals surface area contributed by atoms with Gasteiger partial charge in [0.25, 0.3) is 0 Å². The lowest BCUT2D eigenvalue weighted by Gasteiger charge is -1.91. The van der Waals surface area contributed by atoms with Crippen molar-refractivity contribution >= 4 is 24.0 Å². The Labute approximate surface area is 52.4 Å². The van der Waals surface area contributed by atoms with Crippen molar-refractivity contribution in [1.29, 1.82) is 5.41 Å². The molecule has 0 spiro atoms. The van der Waals surface area contributed by atoms with Gasteiger partial charge in [-0.1, -0.05) is 0 Å². The summed E-state index contributed by atoms with van der Waals surface area (Å²) >= 11 is 1.43. The number of amides is 1. The van der Waals surface area contributed by atoms with Gasteiger partial charge in [0.2, 0.25) is 5.91 Å². The van der Waals surface area contributed by atoms with Crippen LogP contribution in [0.3, 0.4) is 0 Å². The SMILES string of the molecule is CSCC(=O)NC=N. The normalized spacial score (nSPS) is 8.12. The lowest BCUT2D eigenvalue weighted by molar-refractivity contribution is -0.117. The van der Waals surface area contributed by atoms with Gasteiger partial charge in [0.05, 0.1) is 12.1 Å². The molecular formula is C4H8N2OS. The molecular weight excluding hydrogens is 124 g/mol. The van der Waals surface area contributed by atoms with Gasteiger partial charge in [-0.3, -0.25) is 10.2 Å². The van der Waals surface area contributed by atoms with Crippen LogP contribution in [0.4, 0.5) is 0 Å². The second kappa shape index (κ2) is 4.64. The molecule has 0 rings (SSSR count). The molecule has 0 atom stereocenters. The molecule has 0 aliphatic rings. The van der Waals surface area contributed by atoms with E-state index in [1.165, 1.54) is 11.8 Å². The first-order chi connectivity index (χ1) is 3.81. The van der Waals surface area contributed by atoms with Crippen molar-refractivity contribution in [2.45, 2.75) is 0 Å². The molecule has 0 aromatic heterocycles. The predicted octanol–water partition coefficient (Wildman–Crippen LogP) is 0.0727. The molecule has 0 radical (unpaired) electrons. The number of carbonyl (C=O) groups excluding carboxylic acids is 1. The molecule has 0 saturated carbocycles. The Morgan fingerprint density at radius 2 is 2.62 bits per heavy atom. The Hall–Kier alpha value is -0.510. The molecule has 0 bridgehead atoms. The van der Waals surface area contributed by atoms with Crippen molar-refractivity contribution in [1.82, 2.24) is 5.32 Å². The van der Waals surface area contributed by atoms with E-state index in [2.05, 4.69) is 5.32 Å². The molecule has 0 saturated heterocycles. The standard InChI is InChI=1S/C4H8N2OS/c1-8-2-4(7)6-3-5/h3H,2H2,1H3,(H2,5,6,7). The third-order valence-corrected chi connectivity index (χ3v) is 1.06. The highest BCUT2D eigenvalue weighted by atomic mass is 32.2. The zero-order chi connectivity index (χ0) is 6.41. The fourth-order valence-electron chi connectivity index (χ4n) is 0.253. The van der Waals surface area contributed by atoms with Crippen molar-refractivity contribution in [2.24, 2.45) is 0 Å². The van der Waals surface area contributed by atoms with Crippen LogP contribution in [-0.4, -0.2) is 24.3 Å². The van der Waals surface area contributed by atoms with Crippen LogP contribution < -0.4 is 5.32 Å². The Bertz CT molecular complexity index is 94.0. The van der Waals surface area contributed by atoms with E-state index in [1.807, 2.05) is 6.26 Å². The van der Waals surface area contributed by atoms with Gasteiger partial charge in [-0.2, -0.15) is 11.8 Å². The maximum absolute atomic E-state index is 10.4. The van der Waals surface area contributed by atoms with Crippen molar-refractivity contribution in [3.05, 3.63) is 0 Å². The highest BCUT2D eigenvalue weighted by molar-refractivity contribution is 7.99. The van der Waals surface area contributed by atoms with Crippen LogP contribution in [0.15, 0.2) is 0 Å². The van der Waals surface area contributed by atoms with E-state index < -0.39 is 0 Å². The van der Waals surface area contributed by atoms with E-state index in [4.69, 9.17) is 5.41 Å². The molecule has 46 valence electrons. The summed E-state index contributed by atoms with van der Waals surface area (Å²) in [7, 11) is 0. The molecule has 1 amide bonds. The van der Waals surface area contributed by atoms with Gasteiger partial charge < -0.3 is 5.32 Å². The fourth-order valence-corrected chi connectivity index (χ4v) is 0.599. The zero-order valence-corrected chi connectivity index (χ0v) is 5.42. The van der Waals surface area contributed by atoms with Crippen LogP contribution in [0.1, 0.15) is 0 Å². The summed E-state index contributed by atoms with van der Waals surface area (Å²) in [5.41, 5.74) is 0. The summed E-state index contributed by atoms with van der Waals surface area (Å²) in [6.45, 7) is 0. The van der Waals surface area contributed by atoms with Crippen molar-refractivity contribution in [2.75, 3.05) is 12.0 Å². The van der Waals surface area contributed by atoms with Crippen molar-refractivity contribution < 1.29 is 4.79 Å². The largest absolute Gasteiger partial charge is 0.317 e. The van der Waals surface area contributed by atoms with E-state index in [-0.39, 0.29) is 5.91 Å². The van der Waals surface area contributed by atoms with Gasteiger partial charge in [0.1, 0.15) is 0 Å². The topological polar surface area (TPSA) is 53.0 Å². The maximum atomic E-state index is 10.4. The number of hydrogen-bond donors (Lipinski definition) is 2. The summed E-state index contributed by atoms with van der Waals surface area (Å²) < 4.78 is 0. The van der Waals surface area contributed by atoms with Crippen molar-refractivity contribution in [3.63, 3.8) is 0 Å². The Balaban J connectivity index is 3.18. The first kappa shape index (κ1) is 7.49. The van der Waals surface area contributed by atoms with E-state index in [0.29, 0.717) is 5.75 Å². The first-order valence-corrected chi connectivity index (χ1v) is 3.48. The second-order valence-corrected chi connectivity index (χ2v) is 2.01. The summed E-state index contributed by atoms with van der Waals surface area (Å²) in [5, 5.41) is 8.67. The molecule has 3 nitrogen and oxygen atoms in total. The predicted molar refractivity (Wildman–Crippen MR) is 35.3 cm³/mol. The Kier molecular flexibility index (Phi) is 4.35. The molecule has 0 aliphatic heterocycles. The minimum Gasteiger partial charge on any atom is -0.317 e. The number of carbonyl (C=O) groups is 1. The molecule has 8 heavy (non-hydrogen) atoms. The number of hydrogen-bond acceptors (Lipinski definition) is 3. The van der Waals surface area contributed by atoms with Crippen LogP contribution in [0.2, 0.25) is 0 Å². The van der Waals surface area contributed by atoms with E-state index in [9.17, 15) is 4.79 Å². The van der Waals surface area contributed by atoms with E-state index in [0.717, 1.165) is 6.34 Å². The van der Waals surface area contributed by atoms with Crippen LogP contribution in [-0.2, 0) is 4.79 Å². The second-order valence-electron chi connectivity index (χ2n) is 1.14. The van der Waals surface area contributed by atoms with Gasteiger partial charge >= 0.3 is 0 Å². The maximum Gasteiger partial charge on any atom is 0.235 e. The van der Waals surface area contributed by atoms with Gasteiger partial charge in [-0.15, -0.1) is 0 Å². The van der Waals surface area contributed by atoms with Crippen LogP contribution in [0.25, 0.3) is 0 Å². The Morgan fingerprint density at radius 1 is 2.00 bits per heavy atom. The molecule has 0 heterocycles. The number of nitrogens with one attached hydrogen (secondary N) is 2. The molecule has 0 unspecified atom stereocenters. The average Bonchev–Trinajstić information content (AvgIpc) is 1.68. The minimum atomic E-state index is -0.118. The third-order valence-electron chi connectivity index (χ3n) is 0.509. The number of thioether (sulfide) groups is 1. The average molecular weight is 132 g/mol. The van der Waals surface area contributed by atoms with E-state index >= 15 is 0 Å². The highest BCUT2D eigenvalue weighted by Crippen LogP contribution is 1.87. The number of rotatable bonds is 3. The molecule has 0 aromatic carbocycles. The fraction of sp³-hybridized carbons (Fsp3) is 0.500. The van der Waals surface area contributed by atoms with Crippen LogP contribution >= 0.6 is 11.8 Å². The molecule has 0 aliphatic carbocycles. The summed E-state index contributed by atoms with van der Waals surface area (Å²) in [5.74, 6) is 0.308. The van der Waals surface area contributed by atoms with Gasteiger partial charge in [0.15, 0.2) is 0 Å². The zero-order valence-electron chi connectivity index (χ0n) is 4.60. The molecule has 4 heteroatoms. The van der Waals surface area contributed by atoms with Crippen LogP contribution in [0.5, 0.6) is 0 Å². The smallest absolute Gasteiger partial charge is 0.235 e. The minimum absolute atomic E-state index is 0.118. The first-order valence-electron chi connectivity index (χ1n) is 2.08. The van der Waals surface area contributed by atoms with Gasteiger partial charge in [0, 0.05) is 0 Å². The van der Waals surface area contributed by atoms with E-state index in [1.54, 1.807) is 0 Å². The van der Waals surface area contributed by atoms with Gasteiger partial charge in [-0.05, 0) is 6.26 Å². The Morgan fingerprint density at radius 3 is 3.00 bits per heavy atom. The lowest BCUT2D eigenvalue weighted by atomic mass is 10.7. The molecule has 0 aromatic rings. The van der Waals surface area contributed by atoms with Gasteiger partial charge in [-0.25, -0.2) is 0 Å². The van der Waals surface area contributed by atoms with Crippen LogP contribution in [0, 0.1) is 5.41 Å². The summed E-state index contributed by atoms with van der Waals surface area (Å²) in [6, 6.07) is 0. The molecule has 2 N–H and O–H groups in total. The molecule has 0 fully saturated rings. The third kappa shape index (κ3) is 3.67. The highest BCUT2D eigenvalue weighted by Gasteiger charge is 1.92. The lowest BCUT2D eigenvalue weighted by Crippen LogP contribution is -2.22.